The first-order valence-corrected chi connectivity index (χ1v) is 7.91. The van der Waals surface area contributed by atoms with Crippen molar-refractivity contribution in [2.24, 2.45) is 0 Å². The largest absolute Gasteiger partial charge is 0.323 e. The van der Waals surface area contributed by atoms with E-state index in [1.165, 1.54) is 0 Å². The van der Waals surface area contributed by atoms with Gasteiger partial charge in [-0.25, -0.2) is 13.2 Å². The number of aromatic amines is 1. The van der Waals surface area contributed by atoms with Crippen molar-refractivity contribution in [2.45, 2.75) is 19.8 Å². The number of nitrogens with one attached hydrogen (secondary N) is 2. The van der Waals surface area contributed by atoms with Crippen LogP contribution < -0.4 is 10.9 Å². The zero-order valence-electron chi connectivity index (χ0n) is 13.8. The molecule has 7 heteroatoms. The lowest BCUT2D eigenvalue weighted by molar-refractivity contribution is -0.116. The molecule has 3 rings (SSSR count). The van der Waals surface area contributed by atoms with Crippen LogP contribution in [0.5, 0.6) is 0 Å². The Morgan fingerprint density at radius 3 is 2.62 bits per heavy atom. The van der Waals surface area contributed by atoms with Crippen LogP contribution in [0.25, 0.3) is 10.9 Å². The average molecular weight is 360 g/mol. The van der Waals surface area contributed by atoms with Gasteiger partial charge in [-0.3, -0.25) is 9.59 Å². The van der Waals surface area contributed by atoms with Crippen molar-refractivity contribution >= 4 is 22.5 Å². The fraction of sp³-hybridized carbons (Fsp3) is 0.158. The van der Waals surface area contributed by atoms with E-state index in [2.05, 4.69) is 10.3 Å². The molecule has 2 aromatic carbocycles. The van der Waals surface area contributed by atoms with Gasteiger partial charge >= 0.3 is 0 Å². The van der Waals surface area contributed by atoms with Crippen molar-refractivity contribution in [3.05, 3.63) is 75.3 Å². The second kappa shape index (κ2) is 7.03. The number of anilines is 1. The van der Waals surface area contributed by atoms with Crippen LogP contribution in [0.2, 0.25) is 0 Å². The Morgan fingerprint density at radius 1 is 1.08 bits per heavy atom. The zero-order valence-corrected chi connectivity index (χ0v) is 13.8. The van der Waals surface area contributed by atoms with Crippen LogP contribution in [-0.4, -0.2) is 10.9 Å². The summed E-state index contributed by atoms with van der Waals surface area (Å²) in [6.07, 6.45) is 0.00909. The number of hydrogen-bond acceptors (Lipinski definition) is 2. The summed E-state index contributed by atoms with van der Waals surface area (Å²) in [7, 11) is 0. The Balaban J connectivity index is 1.73. The SMILES string of the molecule is Cc1ccc2cc(CCC(=O)Nc3ccc(F)c(F)c3F)c(=O)[nH]c2c1. The summed E-state index contributed by atoms with van der Waals surface area (Å²) in [5, 5.41) is 3.01. The third-order valence-electron chi connectivity index (χ3n) is 4.01. The molecule has 0 atom stereocenters. The predicted molar refractivity (Wildman–Crippen MR) is 92.6 cm³/mol. The number of amides is 1. The highest BCUT2D eigenvalue weighted by molar-refractivity contribution is 5.91. The van der Waals surface area contributed by atoms with Crippen LogP contribution in [0.15, 0.2) is 41.2 Å². The number of aryl methyl sites for hydroxylation is 2. The van der Waals surface area contributed by atoms with E-state index in [4.69, 9.17) is 0 Å². The lowest BCUT2D eigenvalue weighted by Crippen LogP contribution is -2.18. The Labute approximate surface area is 146 Å². The molecular weight excluding hydrogens is 345 g/mol. The molecule has 0 aliphatic rings. The molecule has 2 N–H and O–H groups in total. The van der Waals surface area contributed by atoms with Crippen LogP contribution in [-0.2, 0) is 11.2 Å². The van der Waals surface area contributed by atoms with Crippen molar-refractivity contribution in [3.8, 4) is 0 Å². The summed E-state index contributed by atoms with van der Waals surface area (Å²) in [5.74, 6) is -5.06. The van der Waals surface area contributed by atoms with E-state index < -0.39 is 29.0 Å². The van der Waals surface area contributed by atoms with Gasteiger partial charge in [-0.05, 0) is 48.6 Å². The molecule has 0 radical (unpaired) electrons. The van der Waals surface area contributed by atoms with Gasteiger partial charge in [0, 0.05) is 17.5 Å². The van der Waals surface area contributed by atoms with Gasteiger partial charge in [0.05, 0.1) is 5.69 Å². The fourth-order valence-corrected chi connectivity index (χ4v) is 2.63. The zero-order chi connectivity index (χ0) is 18.8. The third kappa shape index (κ3) is 3.61. The van der Waals surface area contributed by atoms with E-state index >= 15 is 0 Å². The first-order chi connectivity index (χ1) is 12.3. The highest BCUT2D eigenvalue weighted by Gasteiger charge is 2.15. The van der Waals surface area contributed by atoms with Crippen LogP contribution in [0.4, 0.5) is 18.9 Å². The Kier molecular flexibility index (Phi) is 4.79. The number of halogens is 3. The molecule has 26 heavy (non-hydrogen) atoms. The maximum atomic E-state index is 13.6. The summed E-state index contributed by atoms with van der Waals surface area (Å²) in [6.45, 7) is 1.91. The van der Waals surface area contributed by atoms with Crippen molar-refractivity contribution in [2.75, 3.05) is 5.32 Å². The molecule has 0 saturated heterocycles. The summed E-state index contributed by atoms with van der Waals surface area (Å²) < 4.78 is 39.6. The lowest BCUT2D eigenvalue weighted by atomic mass is 10.1. The number of benzene rings is 2. The smallest absolute Gasteiger partial charge is 0.251 e. The molecule has 1 amide bonds. The van der Waals surface area contributed by atoms with Gasteiger partial charge in [-0.2, -0.15) is 0 Å². The van der Waals surface area contributed by atoms with Crippen molar-refractivity contribution in [1.29, 1.82) is 0 Å². The predicted octanol–water partition coefficient (Wildman–Crippen LogP) is 3.83. The minimum absolute atomic E-state index is 0.112. The van der Waals surface area contributed by atoms with E-state index in [0.717, 1.165) is 23.1 Å². The summed E-state index contributed by atoms with van der Waals surface area (Å²) in [6, 6.07) is 8.98. The highest BCUT2D eigenvalue weighted by atomic mass is 19.2. The Bertz CT molecular complexity index is 1060. The van der Waals surface area contributed by atoms with Crippen molar-refractivity contribution < 1.29 is 18.0 Å². The van der Waals surface area contributed by atoms with E-state index in [1.807, 2.05) is 25.1 Å². The highest BCUT2D eigenvalue weighted by Crippen LogP contribution is 2.20. The molecule has 0 unspecified atom stereocenters. The molecular formula is C19H15F3N2O2. The molecule has 134 valence electrons. The fourth-order valence-electron chi connectivity index (χ4n) is 2.63. The van der Waals surface area contributed by atoms with Crippen LogP contribution in [0.1, 0.15) is 17.5 Å². The average Bonchev–Trinajstić information content (AvgIpc) is 2.60. The standard InChI is InChI=1S/C19H15F3N2O2/c1-10-2-3-11-9-12(19(26)24-15(11)8-10)4-7-16(25)23-14-6-5-13(20)17(21)18(14)22/h2-3,5-6,8-9H,4,7H2,1H3,(H,23,25)(H,24,26). The molecule has 3 aromatic rings. The first kappa shape index (κ1) is 17.7. The Hall–Kier alpha value is -3.09. The van der Waals surface area contributed by atoms with E-state index in [9.17, 15) is 22.8 Å². The minimum atomic E-state index is -1.65. The van der Waals surface area contributed by atoms with Gasteiger partial charge in [-0.15, -0.1) is 0 Å². The molecule has 4 nitrogen and oxygen atoms in total. The topological polar surface area (TPSA) is 62.0 Å². The Morgan fingerprint density at radius 2 is 1.85 bits per heavy atom. The molecule has 0 fully saturated rings. The number of pyridine rings is 1. The second-order valence-electron chi connectivity index (χ2n) is 5.99. The molecule has 1 aromatic heterocycles. The number of hydrogen-bond donors (Lipinski definition) is 2. The third-order valence-corrected chi connectivity index (χ3v) is 4.01. The van der Waals surface area contributed by atoms with Gasteiger partial charge in [0.1, 0.15) is 0 Å². The maximum Gasteiger partial charge on any atom is 0.251 e. The maximum absolute atomic E-state index is 13.6. The molecule has 0 aliphatic carbocycles. The van der Waals surface area contributed by atoms with Gasteiger partial charge < -0.3 is 10.3 Å². The normalized spacial score (nSPS) is 10.9. The monoisotopic (exact) mass is 360 g/mol. The summed E-state index contributed by atoms with van der Waals surface area (Å²) in [4.78, 5) is 26.8. The van der Waals surface area contributed by atoms with Gasteiger partial charge in [-0.1, -0.05) is 12.1 Å². The number of rotatable bonds is 4. The van der Waals surface area contributed by atoms with Gasteiger partial charge in [0.15, 0.2) is 17.5 Å². The first-order valence-electron chi connectivity index (χ1n) is 7.91. The van der Waals surface area contributed by atoms with E-state index in [1.54, 1.807) is 6.07 Å². The van der Waals surface area contributed by atoms with E-state index in [0.29, 0.717) is 11.1 Å². The van der Waals surface area contributed by atoms with Crippen molar-refractivity contribution in [1.82, 2.24) is 4.98 Å². The van der Waals surface area contributed by atoms with Crippen LogP contribution >= 0.6 is 0 Å². The van der Waals surface area contributed by atoms with E-state index in [-0.39, 0.29) is 18.4 Å². The van der Waals surface area contributed by atoms with Crippen LogP contribution in [0, 0.1) is 24.4 Å². The number of H-pyrrole nitrogens is 1. The number of carbonyl (C=O) groups excluding carboxylic acids is 1. The van der Waals surface area contributed by atoms with Crippen molar-refractivity contribution in [3.63, 3.8) is 0 Å². The minimum Gasteiger partial charge on any atom is -0.323 e. The molecule has 1 heterocycles. The number of carbonyl (C=O) groups is 1. The van der Waals surface area contributed by atoms with Crippen LogP contribution in [0.3, 0.4) is 0 Å². The lowest BCUT2D eigenvalue weighted by Gasteiger charge is -2.08. The molecule has 0 aliphatic heterocycles. The molecule has 0 bridgehead atoms. The molecule has 0 spiro atoms. The quantitative estimate of drug-likeness (QED) is 0.695. The van der Waals surface area contributed by atoms with Gasteiger partial charge in [0.25, 0.3) is 5.56 Å². The van der Waals surface area contributed by atoms with Gasteiger partial charge in [0.2, 0.25) is 5.91 Å². The second-order valence-corrected chi connectivity index (χ2v) is 5.99. The summed E-state index contributed by atoms with van der Waals surface area (Å²) in [5.41, 5.74) is 1.36. The number of fused-ring (bicyclic) bond motifs is 1. The molecule has 0 saturated carbocycles. The number of aromatic nitrogens is 1. The summed E-state index contributed by atoms with van der Waals surface area (Å²) >= 11 is 0.